The molecule has 2 rings (SSSR count). The van der Waals surface area contributed by atoms with E-state index < -0.39 is 5.82 Å². The largest absolute Gasteiger partial charge is 0.287 e. The molecule has 1 aromatic carbocycles. The number of pyridine rings is 1. The minimum absolute atomic E-state index is 0.0723. The highest BCUT2D eigenvalue weighted by atomic mass is 19.1. The molecule has 2 nitrogen and oxygen atoms in total. The Kier molecular flexibility index (Phi) is 3.00. The fourth-order valence-electron chi connectivity index (χ4n) is 1.62. The fourth-order valence-corrected chi connectivity index (χ4v) is 1.62. The van der Waals surface area contributed by atoms with Crippen LogP contribution in [0.25, 0.3) is 0 Å². The minimum Gasteiger partial charge on any atom is -0.287 e. The van der Waals surface area contributed by atoms with Gasteiger partial charge in [-0.1, -0.05) is 17.7 Å². The Labute approximate surface area is 99.1 Å². The van der Waals surface area contributed by atoms with Gasteiger partial charge in [0.25, 0.3) is 0 Å². The minimum atomic E-state index is -0.510. The first-order chi connectivity index (χ1) is 8.08. The molecule has 0 amide bonds. The van der Waals surface area contributed by atoms with E-state index in [1.165, 1.54) is 6.07 Å². The second-order valence-electron chi connectivity index (χ2n) is 3.98. The monoisotopic (exact) mass is 229 g/mol. The lowest BCUT2D eigenvalue weighted by molar-refractivity contribution is 0.103. The second-order valence-corrected chi connectivity index (χ2v) is 3.98. The molecule has 0 radical (unpaired) electrons. The lowest BCUT2D eigenvalue weighted by Crippen LogP contribution is -2.07. The van der Waals surface area contributed by atoms with Gasteiger partial charge in [-0.25, -0.2) is 9.37 Å². The van der Waals surface area contributed by atoms with Crippen LogP contribution in [0.5, 0.6) is 0 Å². The van der Waals surface area contributed by atoms with Crippen molar-refractivity contribution in [2.45, 2.75) is 13.8 Å². The number of rotatable bonds is 2. The molecule has 1 heterocycles. The number of carbonyl (C=O) groups is 1. The van der Waals surface area contributed by atoms with E-state index in [1.807, 2.05) is 6.92 Å². The van der Waals surface area contributed by atoms with E-state index in [0.29, 0.717) is 0 Å². The average Bonchev–Trinajstić information content (AvgIpc) is 2.31. The normalized spacial score (nSPS) is 10.3. The van der Waals surface area contributed by atoms with Crippen LogP contribution in [0.3, 0.4) is 0 Å². The maximum absolute atomic E-state index is 13.6. The molecule has 0 aliphatic heterocycles. The molecule has 3 heteroatoms. The number of aromatic nitrogens is 1. The summed E-state index contributed by atoms with van der Waals surface area (Å²) in [4.78, 5) is 16.2. The Balaban J connectivity index is 2.47. The van der Waals surface area contributed by atoms with Crippen LogP contribution >= 0.6 is 0 Å². The molecule has 0 bridgehead atoms. The van der Waals surface area contributed by atoms with Crippen LogP contribution in [0, 0.1) is 19.7 Å². The summed E-state index contributed by atoms with van der Waals surface area (Å²) in [5, 5.41) is 0. The van der Waals surface area contributed by atoms with Gasteiger partial charge >= 0.3 is 0 Å². The molecular weight excluding hydrogens is 217 g/mol. The van der Waals surface area contributed by atoms with Crippen molar-refractivity contribution in [2.75, 3.05) is 0 Å². The quantitative estimate of drug-likeness (QED) is 0.741. The Hall–Kier alpha value is -2.03. The number of benzene rings is 1. The molecule has 0 saturated heterocycles. The van der Waals surface area contributed by atoms with E-state index in [2.05, 4.69) is 4.98 Å². The summed E-state index contributed by atoms with van der Waals surface area (Å²) in [5.41, 5.74) is 1.93. The highest BCUT2D eigenvalue weighted by molar-refractivity contribution is 6.07. The first kappa shape index (κ1) is 11.5. The molecule has 0 spiro atoms. The first-order valence-electron chi connectivity index (χ1n) is 5.32. The van der Waals surface area contributed by atoms with E-state index in [-0.39, 0.29) is 17.0 Å². The van der Waals surface area contributed by atoms with Gasteiger partial charge in [0, 0.05) is 5.69 Å². The van der Waals surface area contributed by atoms with Crippen LogP contribution in [-0.2, 0) is 0 Å². The van der Waals surface area contributed by atoms with Crippen molar-refractivity contribution in [3.63, 3.8) is 0 Å². The molecular formula is C14H12FNO. The van der Waals surface area contributed by atoms with Gasteiger partial charge in [0.2, 0.25) is 5.78 Å². The van der Waals surface area contributed by atoms with Gasteiger partial charge in [-0.2, -0.15) is 0 Å². The number of halogens is 1. The molecule has 17 heavy (non-hydrogen) atoms. The van der Waals surface area contributed by atoms with Crippen molar-refractivity contribution < 1.29 is 9.18 Å². The Morgan fingerprint density at radius 3 is 2.65 bits per heavy atom. The van der Waals surface area contributed by atoms with E-state index in [0.717, 1.165) is 11.3 Å². The molecule has 0 atom stereocenters. The van der Waals surface area contributed by atoms with Crippen LogP contribution in [-0.4, -0.2) is 10.8 Å². The fraction of sp³-hybridized carbons (Fsp3) is 0.143. The van der Waals surface area contributed by atoms with Gasteiger partial charge in [0.1, 0.15) is 11.5 Å². The maximum atomic E-state index is 13.6. The molecule has 2 aromatic rings. The number of aryl methyl sites for hydroxylation is 2. The lowest BCUT2D eigenvalue weighted by Gasteiger charge is -2.04. The maximum Gasteiger partial charge on any atom is 0.214 e. The second kappa shape index (κ2) is 4.45. The van der Waals surface area contributed by atoms with E-state index in [1.54, 1.807) is 37.3 Å². The van der Waals surface area contributed by atoms with Crippen molar-refractivity contribution in [1.29, 1.82) is 0 Å². The first-order valence-corrected chi connectivity index (χ1v) is 5.32. The summed E-state index contributed by atoms with van der Waals surface area (Å²) in [6.07, 6.45) is 0. The van der Waals surface area contributed by atoms with Gasteiger partial charge in [0.15, 0.2) is 0 Å². The molecule has 1 aromatic heterocycles. The topological polar surface area (TPSA) is 30.0 Å². The zero-order valence-electron chi connectivity index (χ0n) is 9.70. The molecule has 0 aliphatic rings. The van der Waals surface area contributed by atoms with Crippen LogP contribution in [0.2, 0.25) is 0 Å². The smallest absolute Gasteiger partial charge is 0.214 e. The molecule has 0 saturated carbocycles. The summed E-state index contributed by atoms with van der Waals surface area (Å²) >= 11 is 0. The average molecular weight is 229 g/mol. The number of ketones is 1. The predicted molar refractivity (Wildman–Crippen MR) is 63.5 cm³/mol. The van der Waals surface area contributed by atoms with Gasteiger partial charge in [-0.15, -0.1) is 0 Å². The third-order valence-corrected chi connectivity index (χ3v) is 2.49. The zero-order chi connectivity index (χ0) is 12.4. The van der Waals surface area contributed by atoms with E-state index in [4.69, 9.17) is 0 Å². The highest BCUT2D eigenvalue weighted by Gasteiger charge is 2.15. The predicted octanol–water partition coefficient (Wildman–Crippen LogP) is 3.07. The van der Waals surface area contributed by atoms with Crippen LogP contribution in [0.1, 0.15) is 27.3 Å². The molecule has 0 unspecified atom stereocenters. The highest BCUT2D eigenvalue weighted by Crippen LogP contribution is 2.14. The van der Waals surface area contributed by atoms with Crippen LogP contribution in [0.4, 0.5) is 4.39 Å². The van der Waals surface area contributed by atoms with Gasteiger partial charge in [-0.3, -0.25) is 4.79 Å². The van der Waals surface area contributed by atoms with Crippen molar-refractivity contribution in [3.05, 3.63) is 64.7 Å². The van der Waals surface area contributed by atoms with E-state index in [9.17, 15) is 9.18 Å². The lowest BCUT2D eigenvalue weighted by atomic mass is 10.0. The molecule has 0 fully saturated rings. The molecule has 0 aliphatic carbocycles. The zero-order valence-corrected chi connectivity index (χ0v) is 9.70. The van der Waals surface area contributed by atoms with Crippen LogP contribution in [0.15, 0.2) is 36.4 Å². The molecule has 0 N–H and O–H groups in total. The summed E-state index contributed by atoms with van der Waals surface area (Å²) in [5.74, 6) is -0.890. The standard InChI is InChI=1S/C14H12FNO/c1-9-6-7-12(15)11(8-9)14(17)13-5-3-4-10(2)16-13/h3-8H,1-2H3. The van der Waals surface area contributed by atoms with Gasteiger partial charge in [0.05, 0.1) is 5.56 Å². The SMILES string of the molecule is Cc1ccc(F)c(C(=O)c2cccc(C)n2)c1. The van der Waals surface area contributed by atoms with Crippen molar-refractivity contribution in [1.82, 2.24) is 4.98 Å². The Morgan fingerprint density at radius 1 is 1.18 bits per heavy atom. The van der Waals surface area contributed by atoms with Gasteiger partial charge in [-0.05, 0) is 38.1 Å². The summed E-state index contributed by atoms with van der Waals surface area (Å²) in [6.45, 7) is 3.61. The van der Waals surface area contributed by atoms with Crippen molar-refractivity contribution in [2.24, 2.45) is 0 Å². The number of nitrogens with zero attached hydrogens (tertiary/aromatic N) is 1. The Bertz CT molecular complexity index is 578. The summed E-state index contributed by atoms with van der Waals surface area (Å²) in [7, 11) is 0. The van der Waals surface area contributed by atoms with Crippen LogP contribution < -0.4 is 0 Å². The van der Waals surface area contributed by atoms with Crippen molar-refractivity contribution in [3.8, 4) is 0 Å². The number of hydrogen-bond donors (Lipinski definition) is 0. The number of carbonyl (C=O) groups excluding carboxylic acids is 1. The van der Waals surface area contributed by atoms with E-state index >= 15 is 0 Å². The summed E-state index contributed by atoms with van der Waals surface area (Å²) < 4.78 is 13.6. The third kappa shape index (κ3) is 2.38. The summed E-state index contributed by atoms with van der Waals surface area (Å²) in [6, 6.07) is 9.61. The third-order valence-electron chi connectivity index (χ3n) is 2.49. The molecule has 86 valence electrons. The van der Waals surface area contributed by atoms with Gasteiger partial charge < -0.3 is 0 Å². The Morgan fingerprint density at radius 2 is 1.94 bits per heavy atom. The number of hydrogen-bond acceptors (Lipinski definition) is 2. The van der Waals surface area contributed by atoms with Crippen molar-refractivity contribution >= 4 is 5.78 Å².